The van der Waals surface area contributed by atoms with E-state index in [0.29, 0.717) is 30.0 Å². The van der Waals surface area contributed by atoms with E-state index in [2.05, 4.69) is 36.1 Å². The van der Waals surface area contributed by atoms with Crippen molar-refractivity contribution in [2.24, 2.45) is 22.7 Å². The maximum atomic E-state index is 12.2. The average molecular weight is 390 g/mol. The highest BCUT2D eigenvalue weighted by Crippen LogP contribution is 2.67. The van der Waals surface area contributed by atoms with E-state index in [1.54, 1.807) is 13.0 Å². The fraction of sp³-hybridized carbons (Fsp3) is 0.542. The number of allylic oxidation sites excluding steroid dienone is 1. The van der Waals surface area contributed by atoms with E-state index in [9.17, 15) is 9.59 Å². The standard InChI is InChI=1S/C24H26N2O3/c1-12(27)8-9-15-13(2)26-19-10-16(15)21-20(26)11-24(23(21)29-14(3)28)17-6-4-5-7-18(17)25-22(19)24/h4-9,13,15-16,19-21,23H,10-11H2,1-3H3. The minimum Gasteiger partial charge on any atom is -0.461 e. The average Bonchev–Trinajstić information content (AvgIpc) is 3.14. The Labute approximate surface area is 170 Å². The van der Waals surface area contributed by atoms with E-state index in [1.165, 1.54) is 18.2 Å². The Hall–Kier alpha value is -2.27. The van der Waals surface area contributed by atoms with Gasteiger partial charge in [0.25, 0.3) is 0 Å². The lowest BCUT2D eigenvalue weighted by Crippen LogP contribution is -2.69. The molecule has 6 aliphatic rings. The molecule has 150 valence electrons. The molecular weight excluding hydrogens is 364 g/mol. The lowest BCUT2D eigenvalue weighted by Gasteiger charge is -2.60. The second kappa shape index (κ2) is 5.66. The van der Waals surface area contributed by atoms with Gasteiger partial charge in [0, 0.05) is 24.9 Å². The highest BCUT2D eigenvalue weighted by atomic mass is 16.5. The number of fused-ring (bicyclic) bond motifs is 2. The van der Waals surface area contributed by atoms with Crippen molar-refractivity contribution in [3.8, 4) is 0 Å². The van der Waals surface area contributed by atoms with Crippen molar-refractivity contribution in [2.45, 2.75) is 63.3 Å². The van der Waals surface area contributed by atoms with Crippen LogP contribution in [-0.4, -0.2) is 46.6 Å². The van der Waals surface area contributed by atoms with E-state index in [4.69, 9.17) is 9.73 Å². The number of para-hydroxylation sites is 1. The molecule has 5 heterocycles. The molecule has 1 aromatic carbocycles. The van der Waals surface area contributed by atoms with Gasteiger partial charge in [0.15, 0.2) is 5.78 Å². The first-order chi connectivity index (χ1) is 13.9. The molecule has 1 spiro atoms. The molecule has 1 aliphatic carbocycles. The van der Waals surface area contributed by atoms with Gasteiger partial charge in [-0.25, -0.2) is 0 Å². The maximum Gasteiger partial charge on any atom is 0.302 e. The summed E-state index contributed by atoms with van der Waals surface area (Å²) in [5, 5.41) is 0. The highest BCUT2D eigenvalue weighted by Gasteiger charge is 2.74. The first kappa shape index (κ1) is 17.6. The number of benzene rings is 1. The summed E-state index contributed by atoms with van der Waals surface area (Å²) in [4.78, 5) is 31.6. The zero-order valence-corrected chi connectivity index (χ0v) is 17.0. The Morgan fingerprint density at radius 1 is 1.28 bits per heavy atom. The number of rotatable bonds is 3. The van der Waals surface area contributed by atoms with Crippen molar-refractivity contribution in [3.05, 3.63) is 42.0 Å². The molecule has 5 nitrogen and oxygen atoms in total. The third-order valence-corrected chi connectivity index (χ3v) is 8.31. The first-order valence-electron chi connectivity index (χ1n) is 10.8. The van der Waals surface area contributed by atoms with E-state index in [0.717, 1.165) is 18.5 Å². The molecule has 5 heteroatoms. The molecule has 0 radical (unpaired) electrons. The van der Waals surface area contributed by atoms with Crippen molar-refractivity contribution in [3.63, 3.8) is 0 Å². The number of esters is 1. The van der Waals surface area contributed by atoms with Crippen LogP contribution in [0.25, 0.3) is 0 Å². The SMILES string of the molecule is CC(=O)C=CC1C2CC3C4=Nc5ccccc5C45CC(C2C5OC(C)=O)N3C1C. The molecule has 9 unspecified atom stereocenters. The Balaban J connectivity index is 1.53. The molecule has 9 atom stereocenters. The van der Waals surface area contributed by atoms with Crippen LogP contribution in [0.2, 0.25) is 0 Å². The van der Waals surface area contributed by atoms with Crippen molar-refractivity contribution >= 4 is 23.2 Å². The van der Waals surface area contributed by atoms with Crippen LogP contribution in [0.15, 0.2) is 41.4 Å². The van der Waals surface area contributed by atoms with Crippen LogP contribution in [0.3, 0.4) is 0 Å². The number of carbonyl (C=O) groups excluding carboxylic acids is 2. The van der Waals surface area contributed by atoms with Crippen LogP contribution in [0.4, 0.5) is 5.69 Å². The van der Waals surface area contributed by atoms with Crippen molar-refractivity contribution in [1.29, 1.82) is 0 Å². The summed E-state index contributed by atoms with van der Waals surface area (Å²) in [5.74, 6) is 0.876. The maximum absolute atomic E-state index is 12.2. The lowest BCUT2D eigenvalue weighted by molar-refractivity contribution is -0.156. The van der Waals surface area contributed by atoms with E-state index >= 15 is 0 Å². The summed E-state index contributed by atoms with van der Waals surface area (Å²) in [6, 6.07) is 9.47. The first-order valence-corrected chi connectivity index (χ1v) is 10.8. The van der Waals surface area contributed by atoms with Crippen LogP contribution in [-0.2, 0) is 19.7 Å². The second-order valence-corrected chi connectivity index (χ2v) is 9.51. The Morgan fingerprint density at radius 2 is 2.07 bits per heavy atom. The predicted octanol–water partition coefficient (Wildman–Crippen LogP) is 3.20. The summed E-state index contributed by atoms with van der Waals surface area (Å²) in [6.07, 6.45) is 5.68. The van der Waals surface area contributed by atoms with Gasteiger partial charge >= 0.3 is 5.97 Å². The minimum atomic E-state index is -0.271. The van der Waals surface area contributed by atoms with Crippen molar-refractivity contribution < 1.29 is 14.3 Å². The fourth-order valence-electron chi connectivity index (χ4n) is 7.61. The molecule has 1 saturated carbocycles. The van der Waals surface area contributed by atoms with Gasteiger partial charge in [-0.3, -0.25) is 19.5 Å². The molecule has 7 rings (SSSR count). The topological polar surface area (TPSA) is 59.0 Å². The van der Waals surface area contributed by atoms with Gasteiger partial charge in [-0.15, -0.1) is 0 Å². The summed E-state index contributed by atoms with van der Waals surface area (Å²) in [7, 11) is 0. The Kier molecular flexibility index (Phi) is 3.43. The third-order valence-electron chi connectivity index (χ3n) is 8.31. The van der Waals surface area contributed by atoms with Gasteiger partial charge in [0.2, 0.25) is 0 Å². The van der Waals surface area contributed by atoms with Crippen LogP contribution >= 0.6 is 0 Å². The number of hydrogen-bond acceptors (Lipinski definition) is 5. The molecule has 0 N–H and O–H groups in total. The summed E-state index contributed by atoms with van der Waals surface area (Å²) in [6.45, 7) is 5.42. The van der Waals surface area contributed by atoms with Crippen molar-refractivity contribution in [2.75, 3.05) is 0 Å². The van der Waals surface area contributed by atoms with E-state index in [1.807, 2.05) is 6.07 Å². The van der Waals surface area contributed by atoms with Gasteiger partial charge in [0.1, 0.15) is 6.10 Å². The van der Waals surface area contributed by atoms with Crippen LogP contribution < -0.4 is 0 Å². The van der Waals surface area contributed by atoms with Crippen molar-refractivity contribution in [1.82, 2.24) is 4.90 Å². The van der Waals surface area contributed by atoms with Crippen LogP contribution in [0, 0.1) is 17.8 Å². The number of ketones is 1. The molecule has 5 aliphatic heterocycles. The summed E-state index contributed by atoms with van der Waals surface area (Å²) in [5.41, 5.74) is 3.23. The van der Waals surface area contributed by atoms with Crippen LogP contribution in [0.5, 0.6) is 0 Å². The number of piperidine rings is 4. The summed E-state index contributed by atoms with van der Waals surface area (Å²) >= 11 is 0. The number of carbonyl (C=O) groups is 2. The monoisotopic (exact) mass is 390 g/mol. The number of aliphatic imine (C=N–C) groups is 1. The number of hydrogen-bond donors (Lipinski definition) is 0. The number of ether oxygens (including phenoxy) is 1. The molecule has 4 saturated heterocycles. The largest absolute Gasteiger partial charge is 0.461 e. The Morgan fingerprint density at radius 3 is 2.83 bits per heavy atom. The predicted molar refractivity (Wildman–Crippen MR) is 109 cm³/mol. The Bertz CT molecular complexity index is 998. The molecule has 5 bridgehead atoms. The lowest BCUT2D eigenvalue weighted by atomic mass is 9.62. The smallest absolute Gasteiger partial charge is 0.302 e. The quantitative estimate of drug-likeness (QED) is 0.587. The van der Waals surface area contributed by atoms with Gasteiger partial charge in [-0.1, -0.05) is 24.3 Å². The zero-order chi connectivity index (χ0) is 20.1. The van der Waals surface area contributed by atoms with Gasteiger partial charge in [0.05, 0.1) is 22.9 Å². The normalized spacial score (nSPS) is 45.3. The molecule has 0 amide bonds. The van der Waals surface area contributed by atoms with E-state index in [-0.39, 0.29) is 29.2 Å². The minimum absolute atomic E-state index is 0.0891. The molecule has 29 heavy (non-hydrogen) atoms. The summed E-state index contributed by atoms with van der Waals surface area (Å²) < 4.78 is 6.14. The molecular formula is C24H26N2O3. The van der Waals surface area contributed by atoms with Gasteiger partial charge in [-0.2, -0.15) is 0 Å². The van der Waals surface area contributed by atoms with Crippen LogP contribution in [0.1, 0.15) is 39.2 Å². The zero-order valence-electron chi connectivity index (χ0n) is 17.0. The van der Waals surface area contributed by atoms with Gasteiger partial charge < -0.3 is 4.74 Å². The third kappa shape index (κ3) is 2.02. The molecule has 0 aromatic heterocycles. The molecule has 5 fully saturated rings. The second-order valence-electron chi connectivity index (χ2n) is 9.51. The highest BCUT2D eigenvalue weighted by molar-refractivity contribution is 6.08. The van der Waals surface area contributed by atoms with E-state index < -0.39 is 0 Å². The molecule has 1 aromatic rings. The fourth-order valence-corrected chi connectivity index (χ4v) is 7.61. The number of nitrogens with zero attached hydrogens (tertiary/aromatic N) is 2. The van der Waals surface area contributed by atoms with Gasteiger partial charge in [-0.05, 0) is 56.2 Å².